The summed E-state index contributed by atoms with van der Waals surface area (Å²) < 4.78 is 5.27. The largest absolute Gasteiger partial charge is 0.444 e. The van der Waals surface area contributed by atoms with Gasteiger partial charge in [-0.1, -0.05) is 27.2 Å². The summed E-state index contributed by atoms with van der Waals surface area (Å²) in [6.45, 7) is 12.9. The zero-order chi connectivity index (χ0) is 17.0. The lowest BCUT2D eigenvalue weighted by Crippen LogP contribution is -2.45. The average Bonchev–Trinajstić information content (AvgIpc) is 2.77. The molecule has 0 aromatic heterocycles. The molecule has 1 fully saturated rings. The van der Waals surface area contributed by atoms with Crippen LogP contribution in [0, 0.1) is 11.3 Å². The summed E-state index contributed by atoms with van der Waals surface area (Å²) in [5, 5.41) is 16.5. The lowest BCUT2D eigenvalue weighted by molar-refractivity contribution is 0.0506. The molecule has 3 atom stereocenters. The van der Waals surface area contributed by atoms with Gasteiger partial charge in [0.05, 0.1) is 6.10 Å². The number of nitrogens with one attached hydrogen (secondary N) is 2. The molecule has 0 spiro atoms. The van der Waals surface area contributed by atoms with Crippen molar-refractivity contribution in [2.24, 2.45) is 11.3 Å². The maximum atomic E-state index is 11.7. The van der Waals surface area contributed by atoms with E-state index in [2.05, 4.69) is 10.6 Å². The molecule has 0 heterocycles. The van der Waals surface area contributed by atoms with Crippen molar-refractivity contribution in [1.82, 2.24) is 10.6 Å². The monoisotopic (exact) mass is 314 g/mol. The first kappa shape index (κ1) is 19.2. The van der Waals surface area contributed by atoms with Crippen LogP contribution in [0.2, 0.25) is 0 Å². The van der Waals surface area contributed by atoms with Crippen molar-refractivity contribution in [3.8, 4) is 0 Å². The molecule has 1 saturated carbocycles. The first-order valence-electron chi connectivity index (χ1n) is 8.37. The van der Waals surface area contributed by atoms with Gasteiger partial charge in [-0.05, 0) is 44.9 Å². The molecule has 1 aliphatic carbocycles. The summed E-state index contributed by atoms with van der Waals surface area (Å²) >= 11 is 0. The van der Waals surface area contributed by atoms with Gasteiger partial charge >= 0.3 is 6.09 Å². The molecule has 0 aromatic rings. The summed E-state index contributed by atoms with van der Waals surface area (Å²) in [5.41, 5.74) is -0.579. The maximum Gasteiger partial charge on any atom is 0.407 e. The summed E-state index contributed by atoms with van der Waals surface area (Å²) in [7, 11) is 0. The fourth-order valence-corrected chi connectivity index (χ4v) is 2.65. The van der Waals surface area contributed by atoms with E-state index >= 15 is 0 Å². The number of carbonyl (C=O) groups is 1. The molecule has 0 aromatic carbocycles. The van der Waals surface area contributed by atoms with Crippen LogP contribution in [0.15, 0.2) is 0 Å². The van der Waals surface area contributed by atoms with Crippen molar-refractivity contribution in [1.29, 1.82) is 0 Å². The predicted molar refractivity (Wildman–Crippen MR) is 88.8 cm³/mol. The topological polar surface area (TPSA) is 70.6 Å². The Morgan fingerprint density at radius 3 is 2.41 bits per heavy atom. The molecule has 5 nitrogen and oxygen atoms in total. The van der Waals surface area contributed by atoms with E-state index in [4.69, 9.17) is 4.74 Å². The summed E-state index contributed by atoms with van der Waals surface area (Å²) in [4.78, 5) is 11.7. The first-order chi connectivity index (χ1) is 9.99. The Hall–Kier alpha value is -0.810. The Balaban J connectivity index is 2.36. The number of hydrogen-bond acceptors (Lipinski definition) is 4. The first-order valence-corrected chi connectivity index (χ1v) is 8.37. The van der Waals surface area contributed by atoms with Crippen LogP contribution >= 0.6 is 0 Å². The van der Waals surface area contributed by atoms with E-state index in [0.29, 0.717) is 25.0 Å². The van der Waals surface area contributed by atoms with E-state index in [1.807, 2.05) is 41.5 Å². The van der Waals surface area contributed by atoms with E-state index in [9.17, 15) is 9.90 Å². The minimum absolute atomic E-state index is 0.115. The van der Waals surface area contributed by atoms with Crippen molar-refractivity contribution in [3.05, 3.63) is 0 Å². The van der Waals surface area contributed by atoms with Gasteiger partial charge < -0.3 is 20.5 Å². The number of amides is 1. The molecular formula is C17H34N2O3. The highest BCUT2D eigenvalue weighted by Crippen LogP contribution is 2.26. The van der Waals surface area contributed by atoms with Gasteiger partial charge in [-0.15, -0.1) is 0 Å². The number of aliphatic hydroxyl groups is 1. The van der Waals surface area contributed by atoms with E-state index in [1.54, 1.807) is 0 Å². The SMILES string of the molecule is CC(C)(C)OC(=O)NCC1CCCC1NCC(O)C(C)(C)C. The van der Waals surface area contributed by atoms with Crippen molar-refractivity contribution in [2.45, 2.75) is 78.6 Å². The van der Waals surface area contributed by atoms with Crippen molar-refractivity contribution >= 4 is 6.09 Å². The number of carbonyl (C=O) groups excluding carboxylic acids is 1. The molecule has 0 saturated heterocycles. The smallest absolute Gasteiger partial charge is 0.407 e. The van der Waals surface area contributed by atoms with Crippen LogP contribution in [0.3, 0.4) is 0 Å². The molecular weight excluding hydrogens is 280 g/mol. The lowest BCUT2D eigenvalue weighted by atomic mass is 9.89. The Morgan fingerprint density at radius 1 is 1.23 bits per heavy atom. The molecule has 3 N–H and O–H groups in total. The Bertz CT molecular complexity index is 358. The van der Waals surface area contributed by atoms with Crippen LogP contribution < -0.4 is 10.6 Å². The van der Waals surface area contributed by atoms with Gasteiger partial charge in [0.2, 0.25) is 0 Å². The summed E-state index contributed by atoms with van der Waals surface area (Å²) in [5.74, 6) is 0.402. The van der Waals surface area contributed by atoms with Crippen LogP contribution in [-0.2, 0) is 4.74 Å². The minimum atomic E-state index is -0.464. The Kier molecular flexibility index (Phi) is 6.68. The number of ether oxygens (including phenoxy) is 1. The lowest BCUT2D eigenvalue weighted by Gasteiger charge is -2.29. The highest BCUT2D eigenvalue weighted by Gasteiger charge is 2.30. The normalized spacial score (nSPS) is 24.1. The second kappa shape index (κ2) is 7.64. The highest BCUT2D eigenvalue weighted by molar-refractivity contribution is 5.67. The van der Waals surface area contributed by atoms with E-state index in [-0.39, 0.29) is 17.6 Å². The molecule has 1 aliphatic rings. The van der Waals surface area contributed by atoms with Crippen molar-refractivity contribution < 1.29 is 14.6 Å². The van der Waals surface area contributed by atoms with Gasteiger partial charge in [0.1, 0.15) is 5.60 Å². The Morgan fingerprint density at radius 2 is 1.86 bits per heavy atom. The number of aliphatic hydroxyl groups excluding tert-OH is 1. The fourth-order valence-electron chi connectivity index (χ4n) is 2.65. The van der Waals surface area contributed by atoms with Crippen LogP contribution in [0.25, 0.3) is 0 Å². The number of alkyl carbamates (subject to hydrolysis) is 1. The van der Waals surface area contributed by atoms with Crippen molar-refractivity contribution in [2.75, 3.05) is 13.1 Å². The third-order valence-corrected chi connectivity index (χ3v) is 4.14. The second-order valence-electron chi connectivity index (χ2n) is 8.47. The highest BCUT2D eigenvalue weighted by atomic mass is 16.6. The van der Waals surface area contributed by atoms with Gasteiger partial charge in [-0.3, -0.25) is 0 Å². The van der Waals surface area contributed by atoms with Crippen LogP contribution in [0.5, 0.6) is 0 Å². The van der Waals surface area contributed by atoms with Crippen LogP contribution in [0.1, 0.15) is 60.8 Å². The quantitative estimate of drug-likeness (QED) is 0.729. The maximum absolute atomic E-state index is 11.7. The van der Waals surface area contributed by atoms with E-state index in [0.717, 1.165) is 19.3 Å². The standard InChI is InChI=1S/C17H34N2O3/c1-16(2,3)14(20)11-18-13-9-7-8-12(13)10-19-15(21)22-17(4,5)6/h12-14,18,20H,7-11H2,1-6H3,(H,19,21). The number of hydrogen-bond donors (Lipinski definition) is 3. The van der Waals surface area contributed by atoms with E-state index in [1.165, 1.54) is 0 Å². The molecule has 0 radical (unpaired) electrons. The van der Waals surface area contributed by atoms with E-state index < -0.39 is 5.60 Å². The zero-order valence-electron chi connectivity index (χ0n) is 15.0. The van der Waals surface area contributed by atoms with Gasteiger partial charge in [0.15, 0.2) is 0 Å². The molecule has 22 heavy (non-hydrogen) atoms. The summed E-state index contributed by atoms with van der Waals surface area (Å²) in [6.07, 6.45) is 2.63. The molecule has 1 rings (SSSR count). The zero-order valence-corrected chi connectivity index (χ0v) is 15.0. The molecule has 130 valence electrons. The predicted octanol–water partition coefficient (Wildman–Crippen LogP) is 2.68. The average molecular weight is 314 g/mol. The number of rotatable bonds is 5. The molecule has 0 aliphatic heterocycles. The molecule has 0 bridgehead atoms. The van der Waals surface area contributed by atoms with Crippen LogP contribution in [0.4, 0.5) is 4.79 Å². The fraction of sp³-hybridized carbons (Fsp3) is 0.941. The van der Waals surface area contributed by atoms with Gasteiger partial charge in [-0.25, -0.2) is 4.79 Å². The third kappa shape index (κ3) is 6.97. The third-order valence-electron chi connectivity index (χ3n) is 4.14. The van der Waals surface area contributed by atoms with Gasteiger partial charge in [0.25, 0.3) is 0 Å². The Labute approximate surface area is 135 Å². The van der Waals surface area contributed by atoms with Gasteiger partial charge in [0, 0.05) is 19.1 Å². The summed E-state index contributed by atoms with van der Waals surface area (Å²) in [6, 6.07) is 0.354. The molecule has 3 unspecified atom stereocenters. The van der Waals surface area contributed by atoms with Crippen LogP contribution in [-0.4, -0.2) is 42.0 Å². The van der Waals surface area contributed by atoms with Gasteiger partial charge in [-0.2, -0.15) is 0 Å². The molecule has 1 amide bonds. The minimum Gasteiger partial charge on any atom is -0.444 e. The second-order valence-corrected chi connectivity index (χ2v) is 8.47. The van der Waals surface area contributed by atoms with Crippen molar-refractivity contribution in [3.63, 3.8) is 0 Å². The molecule has 5 heteroatoms.